The molecule has 5 nitrogen and oxygen atoms in total. The van der Waals surface area contributed by atoms with E-state index in [4.69, 9.17) is 16.3 Å². The van der Waals surface area contributed by atoms with Crippen molar-refractivity contribution in [2.45, 2.75) is 19.4 Å². The van der Waals surface area contributed by atoms with Gasteiger partial charge in [0.2, 0.25) is 0 Å². The summed E-state index contributed by atoms with van der Waals surface area (Å²) in [4.78, 5) is 13.9. The first-order valence-corrected chi connectivity index (χ1v) is 5.95. The fourth-order valence-corrected chi connectivity index (χ4v) is 1.87. The van der Waals surface area contributed by atoms with Crippen molar-refractivity contribution in [1.82, 2.24) is 15.1 Å². The minimum Gasteiger partial charge on any atom is -0.377 e. The molecule has 0 bridgehead atoms. The quantitative estimate of drug-likeness (QED) is 0.761. The standard InChI is InChI=1S/C11H14ClN3O2/c1-8-7-15(5-2-6-17-8)11(16)9-3-4-10(12)14-13-9/h3-4,8H,2,5-7H2,1H3. The summed E-state index contributed by atoms with van der Waals surface area (Å²) >= 11 is 5.63. The number of hydrogen-bond donors (Lipinski definition) is 0. The van der Waals surface area contributed by atoms with Gasteiger partial charge in [-0.05, 0) is 25.5 Å². The molecule has 1 atom stereocenters. The van der Waals surface area contributed by atoms with E-state index in [1.807, 2.05) is 6.92 Å². The van der Waals surface area contributed by atoms with Gasteiger partial charge in [0.1, 0.15) is 0 Å². The number of carbonyl (C=O) groups excluding carboxylic acids is 1. The molecule has 1 fully saturated rings. The molecule has 0 spiro atoms. The summed E-state index contributed by atoms with van der Waals surface area (Å²) in [7, 11) is 0. The van der Waals surface area contributed by atoms with Crippen molar-refractivity contribution >= 4 is 17.5 Å². The molecule has 0 aliphatic carbocycles. The molecule has 1 unspecified atom stereocenters. The van der Waals surface area contributed by atoms with Crippen molar-refractivity contribution in [1.29, 1.82) is 0 Å². The first-order chi connectivity index (χ1) is 8.16. The van der Waals surface area contributed by atoms with Crippen LogP contribution in [0.3, 0.4) is 0 Å². The van der Waals surface area contributed by atoms with Crippen molar-refractivity contribution in [2.75, 3.05) is 19.7 Å². The van der Waals surface area contributed by atoms with Crippen LogP contribution >= 0.6 is 11.6 Å². The third kappa shape index (κ3) is 3.14. The zero-order valence-electron chi connectivity index (χ0n) is 9.60. The van der Waals surface area contributed by atoms with Gasteiger partial charge >= 0.3 is 0 Å². The van der Waals surface area contributed by atoms with Gasteiger partial charge in [0, 0.05) is 19.7 Å². The number of aromatic nitrogens is 2. The fourth-order valence-electron chi connectivity index (χ4n) is 1.77. The molecule has 1 aliphatic rings. The Hall–Kier alpha value is -1.20. The molecule has 92 valence electrons. The van der Waals surface area contributed by atoms with Crippen LogP contribution in [0.2, 0.25) is 5.15 Å². The predicted octanol–water partition coefficient (Wildman–Crippen LogP) is 1.38. The van der Waals surface area contributed by atoms with Crippen LogP contribution in [0.25, 0.3) is 0 Å². The Balaban J connectivity index is 2.10. The van der Waals surface area contributed by atoms with Gasteiger partial charge in [-0.3, -0.25) is 4.79 Å². The number of amides is 1. The van der Waals surface area contributed by atoms with E-state index in [-0.39, 0.29) is 17.2 Å². The number of rotatable bonds is 1. The lowest BCUT2D eigenvalue weighted by Crippen LogP contribution is -2.36. The van der Waals surface area contributed by atoms with E-state index in [0.717, 1.165) is 6.42 Å². The maximum absolute atomic E-state index is 12.1. The lowest BCUT2D eigenvalue weighted by molar-refractivity contribution is 0.0558. The second-order valence-corrected chi connectivity index (χ2v) is 4.41. The maximum Gasteiger partial charge on any atom is 0.274 e. The highest BCUT2D eigenvalue weighted by Gasteiger charge is 2.22. The van der Waals surface area contributed by atoms with E-state index in [1.54, 1.807) is 17.0 Å². The van der Waals surface area contributed by atoms with Crippen LogP contribution in [0, 0.1) is 0 Å². The Morgan fingerprint density at radius 2 is 2.35 bits per heavy atom. The summed E-state index contributed by atoms with van der Waals surface area (Å²) < 4.78 is 5.49. The van der Waals surface area contributed by atoms with Gasteiger partial charge in [-0.15, -0.1) is 10.2 Å². The molecule has 1 aromatic heterocycles. The molecular weight excluding hydrogens is 242 g/mol. The normalized spacial score (nSPS) is 21.1. The molecule has 2 heterocycles. The van der Waals surface area contributed by atoms with Crippen LogP contribution in [0.15, 0.2) is 12.1 Å². The van der Waals surface area contributed by atoms with Crippen LogP contribution < -0.4 is 0 Å². The molecule has 0 N–H and O–H groups in total. The molecule has 1 aromatic rings. The second-order valence-electron chi connectivity index (χ2n) is 4.03. The number of ether oxygens (including phenoxy) is 1. The Labute approximate surface area is 105 Å². The minimum atomic E-state index is -0.119. The van der Waals surface area contributed by atoms with Crippen LogP contribution in [0.1, 0.15) is 23.8 Å². The molecule has 1 amide bonds. The van der Waals surface area contributed by atoms with E-state index in [2.05, 4.69) is 10.2 Å². The van der Waals surface area contributed by atoms with Crippen LogP contribution in [0.4, 0.5) is 0 Å². The first kappa shape index (κ1) is 12.3. The lowest BCUT2D eigenvalue weighted by Gasteiger charge is -2.21. The van der Waals surface area contributed by atoms with Crippen molar-refractivity contribution in [3.05, 3.63) is 23.0 Å². The minimum absolute atomic E-state index is 0.0571. The zero-order valence-corrected chi connectivity index (χ0v) is 10.4. The topological polar surface area (TPSA) is 55.3 Å². The van der Waals surface area contributed by atoms with Crippen molar-refractivity contribution in [2.24, 2.45) is 0 Å². The van der Waals surface area contributed by atoms with E-state index in [9.17, 15) is 4.79 Å². The molecule has 2 rings (SSSR count). The Morgan fingerprint density at radius 3 is 3.06 bits per heavy atom. The zero-order chi connectivity index (χ0) is 12.3. The summed E-state index contributed by atoms with van der Waals surface area (Å²) in [6.45, 7) is 3.92. The molecular formula is C11H14ClN3O2. The second kappa shape index (κ2) is 5.42. The molecule has 6 heteroatoms. The highest BCUT2D eigenvalue weighted by Crippen LogP contribution is 2.10. The van der Waals surface area contributed by atoms with Crippen molar-refractivity contribution in [3.63, 3.8) is 0 Å². The largest absolute Gasteiger partial charge is 0.377 e. The SMILES string of the molecule is CC1CN(C(=O)c2ccc(Cl)nn2)CCCO1. The molecule has 0 radical (unpaired) electrons. The summed E-state index contributed by atoms with van der Waals surface area (Å²) in [5.41, 5.74) is 0.323. The third-order valence-corrected chi connectivity index (χ3v) is 2.79. The van der Waals surface area contributed by atoms with Crippen LogP contribution in [-0.2, 0) is 4.74 Å². The third-order valence-electron chi connectivity index (χ3n) is 2.59. The summed E-state index contributed by atoms with van der Waals surface area (Å²) in [5.74, 6) is -0.119. The number of nitrogens with zero attached hydrogens (tertiary/aromatic N) is 3. The van der Waals surface area contributed by atoms with Gasteiger partial charge in [0.05, 0.1) is 6.10 Å². The molecule has 1 aliphatic heterocycles. The van der Waals surface area contributed by atoms with Gasteiger partial charge < -0.3 is 9.64 Å². The highest BCUT2D eigenvalue weighted by atomic mass is 35.5. The van der Waals surface area contributed by atoms with Gasteiger partial charge in [-0.25, -0.2) is 0 Å². The lowest BCUT2D eigenvalue weighted by atomic mass is 10.3. The summed E-state index contributed by atoms with van der Waals surface area (Å²) in [5, 5.41) is 7.76. The number of halogens is 1. The van der Waals surface area contributed by atoms with E-state index < -0.39 is 0 Å². The monoisotopic (exact) mass is 255 g/mol. The van der Waals surface area contributed by atoms with E-state index in [1.165, 1.54) is 0 Å². The van der Waals surface area contributed by atoms with Crippen molar-refractivity contribution < 1.29 is 9.53 Å². The molecule has 0 saturated carbocycles. The molecule has 1 saturated heterocycles. The average Bonchev–Trinajstić information content (AvgIpc) is 2.54. The number of hydrogen-bond acceptors (Lipinski definition) is 4. The van der Waals surface area contributed by atoms with Crippen LogP contribution in [-0.4, -0.2) is 46.8 Å². The maximum atomic E-state index is 12.1. The fraction of sp³-hybridized carbons (Fsp3) is 0.545. The van der Waals surface area contributed by atoms with Gasteiger partial charge in [-0.1, -0.05) is 11.6 Å². The van der Waals surface area contributed by atoms with E-state index >= 15 is 0 Å². The first-order valence-electron chi connectivity index (χ1n) is 5.57. The van der Waals surface area contributed by atoms with Gasteiger partial charge in [-0.2, -0.15) is 0 Å². The van der Waals surface area contributed by atoms with Crippen molar-refractivity contribution in [3.8, 4) is 0 Å². The predicted molar refractivity (Wildman–Crippen MR) is 63.0 cm³/mol. The summed E-state index contributed by atoms with van der Waals surface area (Å²) in [6, 6.07) is 3.16. The Morgan fingerprint density at radius 1 is 1.53 bits per heavy atom. The highest BCUT2D eigenvalue weighted by molar-refractivity contribution is 6.29. The van der Waals surface area contributed by atoms with Gasteiger partial charge in [0.25, 0.3) is 5.91 Å². The van der Waals surface area contributed by atoms with Gasteiger partial charge in [0.15, 0.2) is 10.8 Å². The van der Waals surface area contributed by atoms with E-state index in [0.29, 0.717) is 25.4 Å². The Bertz CT molecular complexity index is 396. The number of carbonyl (C=O) groups is 1. The summed E-state index contributed by atoms with van der Waals surface area (Å²) in [6.07, 6.45) is 0.901. The Kier molecular flexibility index (Phi) is 3.91. The molecule has 0 aromatic carbocycles. The van der Waals surface area contributed by atoms with Crippen LogP contribution in [0.5, 0.6) is 0 Å². The smallest absolute Gasteiger partial charge is 0.274 e. The average molecular weight is 256 g/mol. The molecule has 17 heavy (non-hydrogen) atoms.